The van der Waals surface area contributed by atoms with E-state index in [1.807, 2.05) is 12.1 Å². The van der Waals surface area contributed by atoms with Crippen LogP contribution in [0, 0.1) is 0 Å². The Labute approximate surface area is 145 Å². The number of hydrogen-bond donors (Lipinski definition) is 1. The molecule has 0 bridgehead atoms. The van der Waals surface area contributed by atoms with Crippen LogP contribution < -0.4 is 5.32 Å². The number of nitrogens with one attached hydrogen (secondary N) is 1. The molecule has 128 valence electrons. The van der Waals surface area contributed by atoms with Gasteiger partial charge in [-0.2, -0.15) is 0 Å². The second-order valence-electron chi connectivity index (χ2n) is 5.74. The number of carbonyl (C=O) groups excluding carboxylic acids is 3. The predicted molar refractivity (Wildman–Crippen MR) is 92.2 cm³/mol. The molecule has 2 aromatic carbocycles. The molecule has 0 spiro atoms. The van der Waals surface area contributed by atoms with E-state index >= 15 is 0 Å². The van der Waals surface area contributed by atoms with Gasteiger partial charge in [0.05, 0.1) is 13.5 Å². The van der Waals surface area contributed by atoms with Gasteiger partial charge in [0.1, 0.15) is 0 Å². The van der Waals surface area contributed by atoms with Crippen LogP contribution in [0.4, 0.5) is 5.69 Å². The predicted octanol–water partition coefficient (Wildman–Crippen LogP) is 2.46. The summed E-state index contributed by atoms with van der Waals surface area (Å²) in [5.41, 5.74) is 2.55. The summed E-state index contributed by atoms with van der Waals surface area (Å²) in [4.78, 5) is 37.5. The van der Waals surface area contributed by atoms with Crippen molar-refractivity contribution in [2.45, 2.75) is 13.0 Å². The van der Waals surface area contributed by atoms with Crippen LogP contribution in [-0.4, -0.2) is 36.3 Å². The SMILES string of the molecule is COC(=O)CCN1Cc2ccc(NC(=O)c3ccccc3)cc2C1=O. The van der Waals surface area contributed by atoms with Crippen LogP contribution in [0.5, 0.6) is 0 Å². The minimum absolute atomic E-state index is 0.144. The van der Waals surface area contributed by atoms with Gasteiger partial charge in [-0.15, -0.1) is 0 Å². The number of methoxy groups -OCH3 is 1. The second kappa shape index (κ2) is 7.17. The first kappa shape index (κ1) is 16.7. The van der Waals surface area contributed by atoms with E-state index < -0.39 is 0 Å². The second-order valence-corrected chi connectivity index (χ2v) is 5.74. The number of amides is 2. The quantitative estimate of drug-likeness (QED) is 0.850. The summed E-state index contributed by atoms with van der Waals surface area (Å²) in [6, 6.07) is 14.2. The lowest BCUT2D eigenvalue weighted by Crippen LogP contribution is -2.26. The summed E-state index contributed by atoms with van der Waals surface area (Å²) < 4.78 is 4.60. The lowest BCUT2D eigenvalue weighted by molar-refractivity contribution is -0.140. The zero-order valence-corrected chi connectivity index (χ0v) is 13.8. The Bertz CT molecular complexity index is 817. The first-order valence-corrected chi connectivity index (χ1v) is 7.94. The van der Waals surface area contributed by atoms with E-state index in [9.17, 15) is 14.4 Å². The third kappa shape index (κ3) is 3.68. The van der Waals surface area contributed by atoms with Crippen LogP contribution in [0.25, 0.3) is 0 Å². The fraction of sp³-hybridized carbons (Fsp3) is 0.211. The Balaban J connectivity index is 1.70. The standard InChI is InChI=1S/C19H18N2O4/c1-25-17(22)9-10-21-12-14-7-8-15(11-16(14)19(21)24)20-18(23)13-5-3-2-4-6-13/h2-8,11H,9-10,12H2,1H3,(H,20,23). The molecule has 1 heterocycles. The Morgan fingerprint density at radius 2 is 1.92 bits per heavy atom. The molecule has 6 heteroatoms. The molecular weight excluding hydrogens is 320 g/mol. The summed E-state index contributed by atoms with van der Waals surface area (Å²) >= 11 is 0. The lowest BCUT2D eigenvalue weighted by atomic mass is 10.1. The van der Waals surface area contributed by atoms with Gasteiger partial charge < -0.3 is 15.0 Å². The van der Waals surface area contributed by atoms with Gasteiger partial charge in [0.2, 0.25) is 0 Å². The van der Waals surface area contributed by atoms with Gasteiger partial charge in [0, 0.05) is 29.9 Å². The maximum Gasteiger partial charge on any atom is 0.307 e. The largest absolute Gasteiger partial charge is 0.469 e. The Morgan fingerprint density at radius 3 is 2.64 bits per heavy atom. The summed E-state index contributed by atoms with van der Waals surface area (Å²) in [6.45, 7) is 0.768. The highest BCUT2D eigenvalue weighted by Crippen LogP contribution is 2.26. The van der Waals surface area contributed by atoms with Crippen molar-refractivity contribution in [3.63, 3.8) is 0 Å². The highest BCUT2D eigenvalue weighted by atomic mass is 16.5. The van der Waals surface area contributed by atoms with Gasteiger partial charge in [-0.3, -0.25) is 14.4 Å². The van der Waals surface area contributed by atoms with Crippen molar-refractivity contribution < 1.29 is 19.1 Å². The van der Waals surface area contributed by atoms with Crippen molar-refractivity contribution in [2.75, 3.05) is 19.0 Å². The van der Waals surface area contributed by atoms with Crippen LogP contribution >= 0.6 is 0 Å². The molecule has 6 nitrogen and oxygen atoms in total. The number of carbonyl (C=O) groups is 3. The minimum Gasteiger partial charge on any atom is -0.469 e. The molecule has 0 atom stereocenters. The summed E-state index contributed by atoms with van der Waals surface area (Å²) in [7, 11) is 1.32. The Hall–Kier alpha value is -3.15. The molecule has 0 unspecified atom stereocenters. The number of anilines is 1. The van der Waals surface area contributed by atoms with Crippen molar-refractivity contribution in [2.24, 2.45) is 0 Å². The van der Waals surface area contributed by atoms with Gasteiger partial charge >= 0.3 is 5.97 Å². The summed E-state index contributed by atoms with van der Waals surface area (Å²) in [5, 5.41) is 2.80. The summed E-state index contributed by atoms with van der Waals surface area (Å²) in [6.07, 6.45) is 0.161. The fourth-order valence-corrected chi connectivity index (χ4v) is 2.74. The van der Waals surface area contributed by atoms with E-state index in [0.717, 1.165) is 5.56 Å². The van der Waals surface area contributed by atoms with E-state index in [0.29, 0.717) is 29.9 Å². The van der Waals surface area contributed by atoms with E-state index in [4.69, 9.17) is 0 Å². The number of esters is 1. The van der Waals surface area contributed by atoms with E-state index in [-0.39, 0.29) is 24.2 Å². The highest BCUT2D eigenvalue weighted by molar-refractivity contribution is 6.05. The van der Waals surface area contributed by atoms with Crippen LogP contribution in [0.15, 0.2) is 48.5 Å². The normalized spacial score (nSPS) is 12.7. The van der Waals surface area contributed by atoms with Gasteiger partial charge in [-0.05, 0) is 29.8 Å². The maximum absolute atomic E-state index is 12.5. The van der Waals surface area contributed by atoms with Crippen LogP contribution in [0.1, 0.15) is 32.7 Å². The molecular formula is C19H18N2O4. The molecule has 1 aliphatic heterocycles. The molecule has 1 aliphatic rings. The van der Waals surface area contributed by atoms with E-state index in [2.05, 4.69) is 10.1 Å². The molecule has 0 radical (unpaired) electrons. The first-order chi connectivity index (χ1) is 12.1. The van der Waals surface area contributed by atoms with Crippen LogP contribution in [0.3, 0.4) is 0 Å². The van der Waals surface area contributed by atoms with E-state index in [1.165, 1.54) is 7.11 Å². The smallest absolute Gasteiger partial charge is 0.307 e. The first-order valence-electron chi connectivity index (χ1n) is 7.94. The van der Waals surface area contributed by atoms with Gasteiger partial charge in [0.25, 0.3) is 11.8 Å². The molecule has 0 saturated heterocycles. The average Bonchev–Trinajstić information content (AvgIpc) is 2.96. The molecule has 3 rings (SSSR count). The zero-order valence-electron chi connectivity index (χ0n) is 13.8. The van der Waals surface area contributed by atoms with Crippen molar-refractivity contribution in [1.82, 2.24) is 4.90 Å². The van der Waals surface area contributed by atoms with Gasteiger partial charge in [-0.1, -0.05) is 24.3 Å². The van der Waals surface area contributed by atoms with Crippen molar-refractivity contribution in [1.29, 1.82) is 0 Å². The summed E-state index contributed by atoms with van der Waals surface area (Å²) in [5.74, 6) is -0.720. The van der Waals surface area contributed by atoms with Gasteiger partial charge in [0.15, 0.2) is 0 Å². The van der Waals surface area contributed by atoms with Crippen LogP contribution in [-0.2, 0) is 16.1 Å². The molecule has 0 saturated carbocycles. The number of fused-ring (bicyclic) bond motifs is 1. The van der Waals surface area contributed by atoms with Crippen molar-refractivity contribution >= 4 is 23.5 Å². The Kier molecular flexibility index (Phi) is 4.79. The molecule has 0 fully saturated rings. The molecule has 0 aromatic heterocycles. The lowest BCUT2D eigenvalue weighted by Gasteiger charge is -2.14. The number of benzene rings is 2. The zero-order chi connectivity index (χ0) is 17.8. The molecule has 2 aromatic rings. The monoisotopic (exact) mass is 338 g/mol. The van der Waals surface area contributed by atoms with Crippen LogP contribution in [0.2, 0.25) is 0 Å². The molecule has 0 aliphatic carbocycles. The number of nitrogens with zero attached hydrogens (tertiary/aromatic N) is 1. The number of rotatable bonds is 5. The fourth-order valence-electron chi connectivity index (χ4n) is 2.74. The third-order valence-electron chi connectivity index (χ3n) is 4.10. The molecule has 2 amide bonds. The number of ether oxygens (including phenoxy) is 1. The van der Waals surface area contributed by atoms with Crippen molar-refractivity contribution in [3.8, 4) is 0 Å². The minimum atomic E-state index is -0.348. The topological polar surface area (TPSA) is 75.7 Å². The molecule has 1 N–H and O–H groups in total. The third-order valence-corrected chi connectivity index (χ3v) is 4.10. The molecule has 25 heavy (non-hydrogen) atoms. The highest BCUT2D eigenvalue weighted by Gasteiger charge is 2.28. The van der Waals surface area contributed by atoms with E-state index in [1.54, 1.807) is 41.3 Å². The average molecular weight is 338 g/mol. The number of hydrogen-bond acceptors (Lipinski definition) is 4. The Morgan fingerprint density at radius 1 is 1.16 bits per heavy atom. The maximum atomic E-state index is 12.5. The van der Waals surface area contributed by atoms with Crippen molar-refractivity contribution in [3.05, 3.63) is 65.2 Å². The van der Waals surface area contributed by atoms with Gasteiger partial charge in [-0.25, -0.2) is 0 Å².